The van der Waals surface area contributed by atoms with Gasteiger partial charge >= 0.3 is 0 Å². The number of rotatable bonds is 3. The van der Waals surface area contributed by atoms with Crippen LogP contribution < -0.4 is 5.73 Å². The van der Waals surface area contributed by atoms with E-state index in [1.807, 2.05) is 0 Å². The number of hydrogen-bond acceptors (Lipinski definition) is 3. The van der Waals surface area contributed by atoms with Crippen molar-refractivity contribution in [2.75, 3.05) is 13.6 Å². The molecule has 2 aromatic rings. The fourth-order valence-electron chi connectivity index (χ4n) is 1.60. The molecule has 1 heterocycles. The van der Waals surface area contributed by atoms with E-state index in [2.05, 4.69) is 10.2 Å². The second-order valence-electron chi connectivity index (χ2n) is 3.80. The SMILES string of the molecule is CN(CC(N)=O)C(=O)c1ccc2cn[nH]c2c1. The summed E-state index contributed by atoms with van der Waals surface area (Å²) >= 11 is 0. The highest BCUT2D eigenvalue weighted by Gasteiger charge is 2.13. The molecule has 88 valence electrons. The number of H-pyrrole nitrogens is 1. The van der Waals surface area contributed by atoms with Crippen LogP contribution in [0.25, 0.3) is 10.9 Å². The normalized spacial score (nSPS) is 10.4. The Labute approximate surface area is 97.4 Å². The van der Waals surface area contributed by atoms with E-state index in [1.54, 1.807) is 24.4 Å². The standard InChI is InChI=1S/C11H12N4O2/c1-15(6-10(12)16)11(17)7-2-3-8-5-13-14-9(8)4-7/h2-5H,6H2,1H3,(H2,12,16)(H,13,14). The molecule has 0 bridgehead atoms. The maximum absolute atomic E-state index is 11.9. The van der Waals surface area contributed by atoms with Crippen LogP contribution in [0.3, 0.4) is 0 Å². The number of primary amides is 1. The number of likely N-dealkylation sites (N-methyl/N-ethyl adjacent to an activating group) is 1. The van der Waals surface area contributed by atoms with Crippen molar-refractivity contribution < 1.29 is 9.59 Å². The second kappa shape index (κ2) is 4.25. The van der Waals surface area contributed by atoms with Crippen molar-refractivity contribution >= 4 is 22.7 Å². The largest absolute Gasteiger partial charge is 0.368 e. The van der Waals surface area contributed by atoms with Gasteiger partial charge in [-0.25, -0.2) is 0 Å². The molecule has 0 unspecified atom stereocenters. The number of hydrogen-bond donors (Lipinski definition) is 2. The van der Waals surface area contributed by atoms with Gasteiger partial charge in [0.05, 0.1) is 18.3 Å². The molecule has 0 atom stereocenters. The Hall–Kier alpha value is -2.37. The summed E-state index contributed by atoms with van der Waals surface area (Å²) in [6, 6.07) is 5.18. The number of carbonyl (C=O) groups is 2. The van der Waals surface area contributed by atoms with Gasteiger partial charge in [0.2, 0.25) is 5.91 Å². The maximum atomic E-state index is 11.9. The van der Waals surface area contributed by atoms with Crippen molar-refractivity contribution in [3.8, 4) is 0 Å². The highest BCUT2D eigenvalue weighted by Crippen LogP contribution is 2.13. The minimum Gasteiger partial charge on any atom is -0.368 e. The molecule has 0 aliphatic carbocycles. The number of aromatic amines is 1. The molecule has 0 radical (unpaired) electrons. The number of nitrogens with one attached hydrogen (secondary N) is 1. The fourth-order valence-corrected chi connectivity index (χ4v) is 1.60. The van der Waals surface area contributed by atoms with Gasteiger partial charge in [-0.2, -0.15) is 5.10 Å². The van der Waals surface area contributed by atoms with Crippen molar-refractivity contribution in [1.29, 1.82) is 0 Å². The van der Waals surface area contributed by atoms with E-state index in [9.17, 15) is 9.59 Å². The Morgan fingerprint density at radius 1 is 1.47 bits per heavy atom. The first kappa shape index (κ1) is 11.1. The van der Waals surface area contributed by atoms with Crippen LogP contribution in [-0.4, -0.2) is 40.5 Å². The van der Waals surface area contributed by atoms with Crippen molar-refractivity contribution in [3.63, 3.8) is 0 Å². The van der Waals surface area contributed by atoms with E-state index in [1.165, 1.54) is 11.9 Å². The molecule has 1 aromatic carbocycles. The lowest BCUT2D eigenvalue weighted by Gasteiger charge is -2.14. The van der Waals surface area contributed by atoms with Gasteiger partial charge in [0.1, 0.15) is 0 Å². The third-order valence-corrected chi connectivity index (χ3v) is 2.43. The number of amides is 2. The van der Waals surface area contributed by atoms with E-state index in [0.717, 1.165) is 10.9 Å². The topological polar surface area (TPSA) is 92.1 Å². The second-order valence-corrected chi connectivity index (χ2v) is 3.80. The summed E-state index contributed by atoms with van der Waals surface area (Å²) in [5.41, 5.74) is 6.31. The van der Waals surface area contributed by atoms with Gasteiger partial charge in [-0.15, -0.1) is 0 Å². The summed E-state index contributed by atoms with van der Waals surface area (Å²) in [5.74, 6) is -0.788. The summed E-state index contributed by atoms with van der Waals surface area (Å²) in [6.45, 7) is -0.0974. The minimum atomic E-state index is -0.538. The number of nitrogens with zero attached hydrogens (tertiary/aromatic N) is 2. The van der Waals surface area contributed by atoms with Crippen LogP contribution in [0.1, 0.15) is 10.4 Å². The molecule has 0 saturated heterocycles. The predicted octanol–water partition coefficient (Wildman–Crippen LogP) is 0.120. The Bertz CT molecular complexity index is 576. The van der Waals surface area contributed by atoms with E-state index in [-0.39, 0.29) is 12.5 Å². The Morgan fingerprint density at radius 3 is 2.94 bits per heavy atom. The third kappa shape index (κ3) is 2.25. The van der Waals surface area contributed by atoms with Crippen LogP contribution >= 0.6 is 0 Å². The molecule has 0 fully saturated rings. The Balaban J connectivity index is 2.26. The van der Waals surface area contributed by atoms with Gasteiger partial charge in [0, 0.05) is 18.0 Å². The number of fused-ring (bicyclic) bond motifs is 1. The molecule has 2 rings (SSSR count). The summed E-state index contributed by atoms with van der Waals surface area (Å²) < 4.78 is 0. The number of nitrogens with two attached hydrogens (primary N) is 1. The summed E-state index contributed by atoms with van der Waals surface area (Å²) in [7, 11) is 1.53. The third-order valence-electron chi connectivity index (χ3n) is 2.43. The average molecular weight is 232 g/mol. The quantitative estimate of drug-likeness (QED) is 0.787. The van der Waals surface area contributed by atoms with Gasteiger partial charge < -0.3 is 10.6 Å². The molecule has 1 aromatic heterocycles. The van der Waals surface area contributed by atoms with Crippen LogP contribution in [0.2, 0.25) is 0 Å². The Morgan fingerprint density at radius 2 is 2.24 bits per heavy atom. The van der Waals surface area contributed by atoms with Crippen molar-refractivity contribution in [3.05, 3.63) is 30.0 Å². The van der Waals surface area contributed by atoms with Crippen LogP contribution in [0.4, 0.5) is 0 Å². The molecule has 2 amide bonds. The van der Waals surface area contributed by atoms with Gasteiger partial charge in [-0.1, -0.05) is 6.07 Å². The number of benzene rings is 1. The summed E-state index contributed by atoms with van der Waals surface area (Å²) in [5, 5.41) is 7.58. The van der Waals surface area contributed by atoms with Crippen molar-refractivity contribution in [1.82, 2.24) is 15.1 Å². The van der Waals surface area contributed by atoms with E-state index in [0.29, 0.717) is 5.56 Å². The highest BCUT2D eigenvalue weighted by molar-refractivity contribution is 5.99. The van der Waals surface area contributed by atoms with Crippen LogP contribution in [-0.2, 0) is 4.79 Å². The maximum Gasteiger partial charge on any atom is 0.254 e. The summed E-state index contributed by atoms with van der Waals surface area (Å²) in [6.07, 6.45) is 1.68. The number of carbonyl (C=O) groups excluding carboxylic acids is 2. The monoisotopic (exact) mass is 232 g/mol. The molecule has 17 heavy (non-hydrogen) atoms. The molecule has 0 aliphatic heterocycles. The van der Waals surface area contributed by atoms with Crippen LogP contribution in [0.5, 0.6) is 0 Å². The molecule has 6 heteroatoms. The lowest BCUT2D eigenvalue weighted by Crippen LogP contribution is -2.35. The van der Waals surface area contributed by atoms with E-state index in [4.69, 9.17) is 5.73 Å². The zero-order valence-corrected chi connectivity index (χ0v) is 9.30. The summed E-state index contributed by atoms with van der Waals surface area (Å²) in [4.78, 5) is 23.9. The first-order valence-corrected chi connectivity index (χ1v) is 5.05. The van der Waals surface area contributed by atoms with Crippen molar-refractivity contribution in [2.24, 2.45) is 5.73 Å². The lowest BCUT2D eigenvalue weighted by atomic mass is 10.1. The lowest BCUT2D eigenvalue weighted by molar-refractivity contribution is -0.118. The van der Waals surface area contributed by atoms with Crippen molar-refractivity contribution in [2.45, 2.75) is 0 Å². The fraction of sp³-hybridized carbons (Fsp3) is 0.182. The minimum absolute atomic E-state index is 0.0974. The molecule has 3 N–H and O–H groups in total. The molecule has 0 aliphatic rings. The predicted molar refractivity (Wildman–Crippen MR) is 62.2 cm³/mol. The Kier molecular flexibility index (Phi) is 2.78. The smallest absolute Gasteiger partial charge is 0.254 e. The molecular weight excluding hydrogens is 220 g/mol. The van der Waals surface area contributed by atoms with Gasteiger partial charge in [0.25, 0.3) is 5.91 Å². The number of aromatic nitrogens is 2. The first-order chi connectivity index (χ1) is 8.08. The van der Waals surface area contributed by atoms with E-state index >= 15 is 0 Å². The first-order valence-electron chi connectivity index (χ1n) is 5.05. The molecular formula is C11H12N4O2. The van der Waals surface area contributed by atoms with Gasteiger partial charge in [0.15, 0.2) is 0 Å². The average Bonchev–Trinajstić information content (AvgIpc) is 2.73. The van der Waals surface area contributed by atoms with E-state index < -0.39 is 5.91 Å². The van der Waals surface area contributed by atoms with Crippen LogP contribution in [0, 0.1) is 0 Å². The molecule has 0 spiro atoms. The zero-order chi connectivity index (χ0) is 12.4. The zero-order valence-electron chi connectivity index (χ0n) is 9.30. The van der Waals surface area contributed by atoms with Gasteiger partial charge in [-0.3, -0.25) is 14.7 Å². The molecule has 0 saturated carbocycles. The highest BCUT2D eigenvalue weighted by atomic mass is 16.2. The van der Waals surface area contributed by atoms with Gasteiger partial charge in [-0.05, 0) is 12.1 Å². The molecule has 6 nitrogen and oxygen atoms in total. The van der Waals surface area contributed by atoms with Crippen LogP contribution in [0.15, 0.2) is 24.4 Å².